The summed E-state index contributed by atoms with van der Waals surface area (Å²) in [4.78, 5) is 55.5. The molecule has 1 aliphatic rings. The number of rotatable bonds is 7. The number of para-hydroxylation sites is 1. The first kappa shape index (κ1) is 25.6. The number of non-ortho nitro benzene ring substituents is 1. The third kappa shape index (κ3) is 5.30. The van der Waals surface area contributed by atoms with Gasteiger partial charge >= 0.3 is 0 Å². The number of hydrogen-bond donors (Lipinski definition) is 1. The van der Waals surface area contributed by atoms with Crippen molar-refractivity contribution in [3.05, 3.63) is 97.2 Å². The number of carbonyl (C=O) groups is 3. The Kier molecular flexibility index (Phi) is 7.23. The van der Waals surface area contributed by atoms with Gasteiger partial charge in [0.1, 0.15) is 0 Å². The Balaban J connectivity index is 1.28. The third-order valence-corrected chi connectivity index (χ3v) is 7.84. The van der Waals surface area contributed by atoms with Crippen molar-refractivity contribution in [3.8, 4) is 10.6 Å². The Morgan fingerprint density at radius 1 is 1.11 bits per heavy atom. The van der Waals surface area contributed by atoms with Crippen LogP contribution >= 0.6 is 34.7 Å². The van der Waals surface area contributed by atoms with Gasteiger partial charge in [-0.1, -0.05) is 29.8 Å². The molecule has 38 heavy (non-hydrogen) atoms. The SMILES string of the molecule is O=C(NCCN1C(=O)S/C(=C/c2ccc([N+](=O)[O-])cc2)C1=O)c1cc(-c2ccc(Cl)s2)nc2ccccc12. The molecule has 0 bridgehead atoms. The van der Waals surface area contributed by atoms with E-state index in [2.05, 4.69) is 10.3 Å². The van der Waals surface area contributed by atoms with E-state index in [9.17, 15) is 24.5 Å². The first-order valence-corrected chi connectivity index (χ1v) is 13.2. The fraction of sp³-hybridized carbons (Fsp3) is 0.0769. The summed E-state index contributed by atoms with van der Waals surface area (Å²) in [6.07, 6.45) is 1.51. The summed E-state index contributed by atoms with van der Waals surface area (Å²) >= 11 is 8.22. The van der Waals surface area contributed by atoms with Gasteiger partial charge in [0.2, 0.25) is 0 Å². The van der Waals surface area contributed by atoms with E-state index in [1.165, 1.54) is 41.7 Å². The summed E-state index contributed by atoms with van der Waals surface area (Å²) in [5.74, 6) is -0.847. The van der Waals surface area contributed by atoms with Crippen LogP contribution in [-0.2, 0) is 4.79 Å². The zero-order valence-corrected chi connectivity index (χ0v) is 21.8. The van der Waals surface area contributed by atoms with E-state index in [0.29, 0.717) is 32.1 Å². The summed E-state index contributed by atoms with van der Waals surface area (Å²) in [6.45, 7) is 0.0446. The molecule has 0 radical (unpaired) electrons. The molecule has 5 rings (SSSR count). The molecule has 1 fully saturated rings. The number of nitrogens with one attached hydrogen (secondary N) is 1. The highest BCUT2D eigenvalue weighted by atomic mass is 35.5. The van der Waals surface area contributed by atoms with Gasteiger partial charge in [0.05, 0.1) is 35.8 Å². The zero-order chi connectivity index (χ0) is 26.8. The number of aromatic nitrogens is 1. The van der Waals surface area contributed by atoms with Gasteiger partial charge in [-0.3, -0.25) is 29.4 Å². The summed E-state index contributed by atoms with van der Waals surface area (Å²) in [5, 5.41) is 13.8. The molecule has 9 nitrogen and oxygen atoms in total. The number of fused-ring (bicyclic) bond motifs is 1. The van der Waals surface area contributed by atoms with Gasteiger partial charge in [0.25, 0.3) is 22.7 Å². The van der Waals surface area contributed by atoms with E-state index >= 15 is 0 Å². The van der Waals surface area contributed by atoms with Gasteiger partial charge in [0.15, 0.2) is 0 Å². The normalized spacial score (nSPS) is 14.4. The predicted molar refractivity (Wildman–Crippen MR) is 148 cm³/mol. The molecular weight excluding hydrogens is 548 g/mol. The lowest BCUT2D eigenvalue weighted by Gasteiger charge is -2.14. The second-order valence-electron chi connectivity index (χ2n) is 8.11. The Labute approximate surface area is 229 Å². The van der Waals surface area contributed by atoms with Crippen LogP contribution in [0.4, 0.5) is 10.5 Å². The molecule has 0 saturated carbocycles. The Morgan fingerprint density at radius 3 is 2.58 bits per heavy atom. The van der Waals surface area contributed by atoms with Crippen molar-refractivity contribution in [2.24, 2.45) is 0 Å². The molecule has 0 unspecified atom stereocenters. The molecule has 1 saturated heterocycles. The Hall–Kier alpha value is -4.06. The second kappa shape index (κ2) is 10.7. The predicted octanol–water partition coefficient (Wildman–Crippen LogP) is 5.99. The van der Waals surface area contributed by atoms with Gasteiger partial charge in [0, 0.05) is 30.6 Å². The van der Waals surface area contributed by atoms with Crippen LogP contribution in [-0.4, -0.2) is 45.0 Å². The van der Waals surface area contributed by atoms with Crippen LogP contribution in [0.5, 0.6) is 0 Å². The van der Waals surface area contributed by atoms with Crippen LogP contribution in [0.3, 0.4) is 0 Å². The molecule has 4 aromatic rings. The molecule has 2 aromatic heterocycles. The van der Waals surface area contributed by atoms with Crippen molar-refractivity contribution in [2.75, 3.05) is 13.1 Å². The van der Waals surface area contributed by atoms with Crippen LogP contribution in [0.15, 0.2) is 71.6 Å². The van der Waals surface area contributed by atoms with Crippen LogP contribution < -0.4 is 5.32 Å². The second-order valence-corrected chi connectivity index (χ2v) is 10.8. The Morgan fingerprint density at radius 2 is 1.87 bits per heavy atom. The average Bonchev–Trinajstić information content (AvgIpc) is 3.46. The topological polar surface area (TPSA) is 123 Å². The summed E-state index contributed by atoms with van der Waals surface area (Å²) in [6, 6.07) is 18.3. The molecule has 1 aliphatic heterocycles. The number of amides is 3. The maximum absolute atomic E-state index is 13.2. The van der Waals surface area contributed by atoms with Gasteiger partial charge in [-0.05, 0) is 59.8 Å². The van der Waals surface area contributed by atoms with Crippen molar-refractivity contribution in [1.82, 2.24) is 15.2 Å². The van der Waals surface area contributed by atoms with Gasteiger partial charge in [-0.15, -0.1) is 11.3 Å². The van der Waals surface area contributed by atoms with E-state index < -0.39 is 16.1 Å². The number of hydrogen-bond acceptors (Lipinski definition) is 8. The molecule has 0 aliphatic carbocycles. The van der Waals surface area contributed by atoms with E-state index in [0.717, 1.165) is 21.5 Å². The number of benzene rings is 2. The molecule has 12 heteroatoms. The fourth-order valence-corrected chi connectivity index (χ4v) is 5.72. The van der Waals surface area contributed by atoms with Gasteiger partial charge in [-0.2, -0.15) is 0 Å². The van der Waals surface area contributed by atoms with Crippen LogP contribution in [0.2, 0.25) is 4.34 Å². The largest absolute Gasteiger partial charge is 0.350 e. The smallest absolute Gasteiger partial charge is 0.293 e. The lowest BCUT2D eigenvalue weighted by atomic mass is 10.1. The number of thioether (sulfide) groups is 1. The lowest BCUT2D eigenvalue weighted by molar-refractivity contribution is -0.384. The molecular formula is C26H17ClN4O5S2. The number of halogens is 1. The van der Waals surface area contributed by atoms with Gasteiger partial charge < -0.3 is 5.32 Å². The maximum atomic E-state index is 13.2. The molecule has 3 heterocycles. The Bertz CT molecular complexity index is 1630. The monoisotopic (exact) mass is 564 g/mol. The van der Waals surface area contributed by atoms with E-state index in [1.807, 2.05) is 30.3 Å². The van der Waals surface area contributed by atoms with E-state index in [1.54, 1.807) is 12.1 Å². The minimum atomic E-state index is -0.515. The highest BCUT2D eigenvalue weighted by Gasteiger charge is 2.34. The first-order chi connectivity index (χ1) is 18.3. The summed E-state index contributed by atoms with van der Waals surface area (Å²) < 4.78 is 0.612. The highest BCUT2D eigenvalue weighted by Crippen LogP contribution is 2.33. The van der Waals surface area contributed by atoms with E-state index in [4.69, 9.17) is 11.6 Å². The fourth-order valence-electron chi connectivity index (χ4n) is 3.85. The van der Waals surface area contributed by atoms with Crippen molar-refractivity contribution in [3.63, 3.8) is 0 Å². The standard InChI is InChI=1S/C26H17ClN4O5S2/c27-23-10-9-21(37-23)20-14-18(17-3-1-2-4-19(17)29-20)24(32)28-11-12-30-25(33)22(38-26(30)34)13-15-5-7-16(8-6-15)31(35)36/h1-10,13-14H,11-12H2,(H,28,32)/b22-13+. The third-order valence-electron chi connectivity index (χ3n) is 5.68. The minimum absolute atomic E-state index is 0.00951. The number of nitrogens with zero attached hydrogens (tertiary/aromatic N) is 3. The molecule has 3 amide bonds. The average molecular weight is 565 g/mol. The number of imide groups is 1. The summed E-state index contributed by atoms with van der Waals surface area (Å²) in [7, 11) is 0. The van der Waals surface area contributed by atoms with Crippen LogP contribution in [0, 0.1) is 10.1 Å². The molecule has 0 atom stereocenters. The van der Waals surface area contributed by atoms with Crippen molar-refractivity contribution < 1.29 is 19.3 Å². The highest BCUT2D eigenvalue weighted by molar-refractivity contribution is 8.18. The molecule has 1 N–H and O–H groups in total. The summed E-state index contributed by atoms with van der Waals surface area (Å²) in [5.41, 5.74) is 2.18. The number of thiophene rings is 1. The molecule has 2 aromatic carbocycles. The maximum Gasteiger partial charge on any atom is 0.293 e. The molecule has 190 valence electrons. The lowest BCUT2D eigenvalue weighted by Crippen LogP contribution is -2.37. The zero-order valence-electron chi connectivity index (χ0n) is 19.4. The number of pyridine rings is 1. The van der Waals surface area contributed by atoms with Crippen molar-refractivity contribution in [2.45, 2.75) is 0 Å². The number of nitro groups is 1. The van der Waals surface area contributed by atoms with Crippen molar-refractivity contribution >= 4 is 74.4 Å². The van der Waals surface area contributed by atoms with Crippen LogP contribution in [0.1, 0.15) is 15.9 Å². The number of carbonyl (C=O) groups excluding carboxylic acids is 3. The number of nitro benzene ring substituents is 1. The first-order valence-electron chi connectivity index (χ1n) is 11.2. The molecule has 0 spiro atoms. The van der Waals surface area contributed by atoms with Crippen molar-refractivity contribution in [1.29, 1.82) is 0 Å². The quantitative estimate of drug-likeness (QED) is 0.166. The minimum Gasteiger partial charge on any atom is -0.350 e. The van der Waals surface area contributed by atoms with E-state index in [-0.39, 0.29) is 29.6 Å². The van der Waals surface area contributed by atoms with Gasteiger partial charge in [-0.25, -0.2) is 4.98 Å². The van der Waals surface area contributed by atoms with Crippen LogP contribution in [0.25, 0.3) is 27.6 Å².